The summed E-state index contributed by atoms with van der Waals surface area (Å²) >= 11 is 0. The van der Waals surface area contributed by atoms with Crippen LogP contribution in [0, 0.1) is 0 Å². The fourth-order valence-electron chi connectivity index (χ4n) is 3.97. The van der Waals surface area contributed by atoms with E-state index >= 15 is 0 Å². The van der Waals surface area contributed by atoms with Crippen LogP contribution in [-0.4, -0.2) is 80.2 Å². The number of rotatable bonds is 7. The Morgan fingerprint density at radius 3 is 2.64 bits per heavy atom. The van der Waals surface area contributed by atoms with Gasteiger partial charge in [0.05, 0.1) is 25.4 Å². The summed E-state index contributed by atoms with van der Waals surface area (Å²) < 4.78 is 10.9. The van der Waals surface area contributed by atoms with E-state index in [0.717, 1.165) is 12.8 Å². The quantitative estimate of drug-likeness (QED) is 0.766. The van der Waals surface area contributed by atoms with E-state index in [9.17, 15) is 9.59 Å². The van der Waals surface area contributed by atoms with Gasteiger partial charge in [-0.05, 0) is 38.9 Å². The van der Waals surface area contributed by atoms with E-state index in [-0.39, 0.29) is 23.9 Å². The molecule has 0 unspecified atom stereocenters. The Bertz CT molecular complexity index is 675. The van der Waals surface area contributed by atoms with Gasteiger partial charge in [-0.15, -0.1) is 0 Å². The van der Waals surface area contributed by atoms with Crippen LogP contribution in [0.25, 0.3) is 0 Å². The molecule has 28 heavy (non-hydrogen) atoms. The van der Waals surface area contributed by atoms with E-state index in [1.807, 2.05) is 30.0 Å². The number of carbonyl (C=O) groups excluding carboxylic acids is 2. The lowest BCUT2D eigenvalue weighted by atomic mass is 10.1. The third-order valence-electron chi connectivity index (χ3n) is 5.69. The number of morpholine rings is 1. The maximum atomic E-state index is 12.6. The molecule has 0 bridgehead atoms. The van der Waals surface area contributed by atoms with Crippen LogP contribution in [0.2, 0.25) is 0 Å². The summed E-state index contributed by atoms with van der Waals surface area (Å²) in [6, 6.07) is 7.77. The number of likely N-dealkylation sites (N-methyl/N-ethyl adjacent to an activating group) is 1. The van der Waals surface area contributed by atoms with Gasteiger partial charge in [-0.3, -0.25) is 14.5 Å². The number of nitrogens with zero attached hydrogens (tertiary/aromatic N) is 2. The second kappa shape index (κ2) is 9.89. The molecule has 2 amide bonds. The fraction of sp³-hybridized carbons (Fsp3) is 0.619. The Hall–Kier alpha value is -2.12. The maximum Gasteiger partial charge on any atom is 0.255 e. The summed E-state index contributed by atoms with van der Waals surface area (Å²) in [5, 5.41) is 3.03. The zero-order valence-electron chi connectivity index (χ0n) is 16.9. The number of para-hydroxylation sites is 1. The minimum Gasteiger partial charge on any atom is -0.493 e. The number of hydrogen-bond acceptors (Lipinski definition) is 5. The summed E-state index contributed by atoms with van der Waals surface area (Å²) in [7, 11) is 2.05. The van der Waals surface area contributed by atoms with Gasteiger partial charge in [-0.2, -0.15) is 0 Å². The fourth-order valence-corrected chi connectivity index (χ4v) is 3.97. The molecule has 0 radical (unpaired) electrons. The van der Waals surface area contributed by atoms with Gasteiger partial charge in [0, 0.05) is 38.1 Å². The smallest absolute Gasteiger partial charge is 0.255 e. The molecule has 0 spiro atoms. The van der Waals surface area contributed by atoms with Crippen molar-refractivity contribution in [2.75, 3.05) is 46.5 Å². The number of carbonyl (C=O) groups is 2. The molecule has 0 aliphatic carbocycles. The molecule has 7 heteroatoms. The van der Waals surface area contributed by atoms with Crippen molar-refractivity contribution in [1.29, 1.82) is 0 Å². The topological polar surface area (TPSA) is 71.1 Å². The zero-order chi connectivity index (χ0) is 19.9. The highest BCUT2D eigenvalue weighted by Crippen LogP contribution is 2.25. The molecule has 2 aliphatic heterocycles. The van der Waals surface area contributed by atoms with Gasteiger partial charge in [-0.25, -0.2) is 0 Å². The molecule has 3 rings (SSSR count). The van der Waals surface area contributed by atoms with Crippen LogP contribution in [0.15, 0.2) is 24.3 Å². The van der Waals surface area contributed by atoms with Crippen LogP contribution in [0.5, 0.6) is 5.75 Å². The minimum absolute atomic E-state index is 0.120. The third kappa shape index (κ3) is 5.02. The summed E-state index contributed by atoms with van der Waals surface area (Å²) in [5.41, 5.74) is 0.559. The molecule has 1 aromatic carbocycles. The highest BCUT2D eigenvalue weighted by atomic mass is 16.5. The van der Waals surface area contributed by atoms with Gasteiger partial charge in [0.2, 0.25) is 5.91 Å². The van der Waals surface area contributed by atoms with Crippen molar-refractivity contribution in [2.45, 2.75) is 38.3 Å². The lowest BCUT2D eigenvalue weighted by molar-refractivity contribution is -0.136. The van der Waals surface area contributed by atoms with Crippen LogP contribution < -0.4 is 10.1 Å². The molecular weight excluding hydrogens is 358 g/mol. The first-order valence-corrected chi connectivity index (χ1v) is 10.2. The average Bonchev–Trinajstić information content (AvgIpc) is 3.07. The van der Waals surface area contributed by atoms with Gasteiger partial charge in [0.15, 0.2) is 0 Å². The number of ether oxygens (including phenoxy) is 2. The molecule has 2 atom stereocenters. The van der Waals surface area contributed by atoms with Crippen LogP contribution in [0.3, 0.4) is 0 Å². The van der Waals surface area contributed by atoms with Crippen molar-refractivity contribution in [2.24, 2.45) is 0 Å². The van der Waals surface area contributed by atoms with Gasteiger partial charge in [0.25, 0.3) is 5.91 Å². The lowest BCUT2D eigenvalue weighted by Gasteiger charge is -2.30. The first kappa shape index (κ1) is 20.6. The lowest BCUT2D eigenvalue weighted by Crippen LogP contribution is -2.45. The second-order valence-corrected chi connectivity index (χ2v) is 7.39. The van der Waals surface area contributed by atoms with E-state index in [0.29, 0.717) is 57.2 Å². The average molecular weight is 389 g/mol. The van der Waals surface area contributed by atoms with Crippen molar-refractivity contribution < 1.29 is 19.1 Å². The predicted octanol–water partition coefficient (Wildman–Crippen LogP) is 1.53. The summed E-state index contributed by atoms with van der Waals surface area (Å²) in [4.78, 5) is 29.2. The number of amides is 2. The van der Waals surface area contributed by atoms with Crippen LogP contribution >= 0.6 is 0 Å². The van der Waals surface area contributed by atoms with Gasteiger partial charge < -0.3 is 19.7 Å². The van der Waals surface area contributed by atoms with Crippen molar-refractivity contribution in [3.05, 3.63) is 29.8 Å². The Morgan fingerprint density at radius 1 is 1.18 bits per heavy atom. The normalized spacial score (nSPS) is 22.9. The number of benzene rings is 1. The van der Waals surface area contributed by atoms with Crippen molar-refractivity contribution in [3.8, 4) is 5.75 Å². The molecule has 2 heterocycles. The van der Waals surface area contributed by atoms with E-state index < -0.39 is 0 Å². The number of nitrogens with one attached hydrogen (secondary N) is 1. The molecule has 1 aromatic rings. The molecule has 2 aliphatic rings. The Morgan fingerprint density at radius 2 is 1.89 bits per heavy atom. The third-order valence-corrected chi connectivity index (χ3v) is 5.69. The highest BCUT2D eigenvalue weighted by Gasteiger charge is 2.33. The van der Waals surface area contributed by atoms with Crippen molar-refractivity contribution in [1.82, 2.24) is 15.1 Å². The molecule has 1 N–H and O–H groups in total. The van der Waals surface area contributed by atoms with Crippen LogP contribution in [0.4, 0.5) is 0 Å². The van der Waals surface area contributed by atoms with Crippen LogP contribution in [-0.2, 0) is 9.53 Å². The van der Waals surface area contributed by atoms with E-state index in [2.05, 4.69) is 17.3 Å². The zero-order valence-corrected chi connectivity index (χ0v) is 16.9. The molecule has 2 saturated heterocycles. The highest BCUT2D eigenvalue weighted by molar-refractivity contribution is 5.96. The van der Waals surface area contributed by atoms with Crippen molar-refractivity contribution in [3.63, 3.8) is 0 Å². The Balaban J connectivity index is 1.49. The van der Waals surface area contributed by atoms with Gasteiger partial charge in [0.1, 0.15) is 5.75 Å². The van der Waals surface area contributed by atoms with Gasteiger partial charge in [-0.1, -0.05) is 12.1 Å². The first-order chi connectivity index (χ1) is 13.6. The summed E-state index contributed by atoms with van der Waals surface area (Å²) in [6.45, 7) is 5.63. The number of likely N-dealkylation sites (tertiary alicyclic amines) is 1. The van der Waals surface area contributed by atoms with Gasteiger partial charge >= 0.3 is 0 Å². The Kier molecular flexibility index (Phi) is 7.28. The predicted molar refractivity (Wildman–Crippen MR) is 107 cm³/mol. The minimum atomic E-state index is -0.120. The maximum absolute atomic E-state index is 12.6. The second-order valence-electron chi connectivity index (χ2n) is 7.39. The monoisotopic (exact) mass is 389 g/mol. The summed E-state index contributed by atoms with van der Waals surface area (Å²) in [5.74, 6) is 0.692. The van der Waals surface area contributed by atoms with E-state index in [1.54, 1.807) is 6.07 Å². The molecule has 0 saturated carbocycles. The standard InChI is InChI=1S/C21H31N3O4/c1-3-28-19-7-5-4-6-18(19)21(26)22-15-17-9-8-16(23(17)2)14-20(25)24-10-12-27-13-11-24/h4-7,16-17H,3,8-15H2,1-2H3,(H,22,26)/t16-,17+/m1/s1. The molecule has 7 nitrogen and oxygen atoms in total. The Labute approximate surface area is 167 Å². The molecule has 0 aromatic heterocycles. The molecule has 2 fully saturated rings. The molecular formula is C21H31N3O4. The van der Waals surface area contributed by atoms with Crippen LogP contribution in [0.1, 0.15) is 36.5 Å². The molecule has 154 valence electrons. The number of hydrogen-bond donors (Lipinski definition) is 1. The summed E-state index contributed by atoms with van der Waals surface area (Å²) in [6.07, 6.45) is 2.49. The largest absolute Gasteiger partial charge is 0.493 e. The van der Waals surface area contributed by atoms with E-state index in [4.69, 9.17) is 9.47 Å². The SMILES string of the molecule is CCOc1ccccc1C(=O)NC[C@@H]1CC[C@H](CC(=O)N2CCOCC2)N1C. The van der Waals surface area contributed by atoms with Crippen molar-refractivity contribution >= 4 is 11.8 Å². The first-order valence-electron chi connectivity index (χ1n) is 10.2. The van der Waals surface area contributed by atoms with E-state index in [1.165, 1.54) is 0 Å².